The van der Waals surface area contributed by atoms with Crippen LogP contribution in [0.15, 0.2) is 33.6 Å². The van der Waals surface area contributed by atoms with E-state index in [1.807, 2.05) is 0 Å². The number of β-amino-alcohol motifs (C(OH)–C–C–N with tert-alkyl or cyclic N) is 1. The highest BCUT2D eigenvalue weighted by Crippen LogP contribution is 2.29. The van der Waals surface area contributed by atoms with Gasteiger partial charge in [-0.25, -0.2) is 0 Å². The van der Waals surface area contributed by atoms with Gasteiger partial charge in [0.1, 0.15) is 4.90 Å². The third-order valence-corrected chi connectivity index (χ3v) is 4.10. The molecule has 0 amide bonds. The minimum absolute atomic E-state index is 0.256. The molecule has 0 unspecified atom stereocenters. The van der Waals surface area contributed by atoms with E-state index in [-0.39, 0.29) is 11.0 Å². The predicted molar refractivity (Wildman–Crippen MR) is 57.7 cm³/mol. The lowest BCUT2D eigenvalue weighted by atomic mass is 10.1. The Hall–Kier alpha value is -1.40. The lowest BCUT2D eigenvalue weighted by Gasteiger charge is -2.37. The highest BCUT2D eigenvalue weighted by atomic mass is 32.2. The first-order chi connectivity index (χ1) is 7.58. The summed E-state index contributed by atoms with van der Waals surface area (Å²) in [6.07, 6.45) is -0.377. The van der Waals surface area contributed by atoms with Gasteiger partial charge in [-0.05, 0) is 12.1 Å². The van der Waals surface area contributed by atoms with Gasteiger partial charge in [-0.3, -0.25) is 0 Å². The molecular formula is C10H10N2O3S. The largest absolute Gasteiger partial charge is 0.389 e. The van der Waals surface area contributed by atoms with Crippen molar-refractivity contribution in [3.63, 3.8) is 0 Å². The van der Waals surface area contributed by atoms with Crippen molar-refractivity contribution < 1.29 is 13.5 Å². The predicted octanol–water partition coefficient (Wildman–Crippen LogP) is -0.188. The van der Waals surface area contributed by atoms with Gasteiger partial charge in [0.15, 0.2) is 5.84 Å². The molecule has 2 aliphatic rings. The Morgan fingerprint density at radius 3 is 2.69 bits per heavy atom. The summed E-state index contributed by atoms with van der Waals surface area (Å²) in [5.41, 5.74) is 0.634. The number of likely N-dealkylation sites (tertiary alicyclic amines) is 1. The summed E-state index contributed by atoms with van der Waals surface area (Å²) in [5.74, 6) is 0.459. The number of sulfonamides is 1. The van der Waals surface area contributed by atoms with Crippen LogP contribution >= 0.6 is 0 Å². The molecule has 1 saturated heterocycles. The highest BCUT2D eigenvalue weighted by Gasteiger charge is 2.36. The van der Waals surface area contributed by atoms with E-state index in [1.165, 1.54) is 0 Å². The highest BCUT2D eigenvalue weighted by molar-refractivity contribution is 7.90. The second-order valence-corrected chi connectivity index (χ2v) is 5.52. The van der Waals surface area contributed by atoms with E-state index in [4.69, 9.17) is 0 Å². The third-order valence-electron chi connectivity index (χ3n) is 2.77. The summed E-state index contributed by atoms with van der Waals surface area (Å²) >= 11 is 0. The lowest BCUT2D eigenvalue weighted by Crippen LogP contribution is -2.53. The van der Waals surface area contributed by atoms with Gasteiger partial charge in [0.25, 0.3) is 10.0 Å². The van der Waals surface area contributed by atoms with Crippen LogP contribution in [-0.2, 0) is 10.0 Å². The van der Waals surface area contributed by atoms with E-state index in [0.29, 0.717) is 24.5 Å². The zero-order valence-corrected chi connectivity index (χ0v) is 9.18. The van der Waals surface area contributed by atoms with Gasteiger partial charge < -0.3 is 10.0 Å². The molecule has 2 heterocycles. The molecule has 16 heavy (non-hydrogen) atoms. The van der Waals surface area contributed by atoms with E-state index in [1.54, 1.807) is 29.2 Å². The number of nitrogens with zero attached hydrogens (tertiary/aromatic N) is 2. The minimum atomic E-state index is -3.53. The quantitative estimate of drug-likeness (QED) is 0.680. The molecule has 84 valence electrons. The van der Waals surface area contributed by atoms with Crippen LogP contribution in [0.4, 0.5) is 0 Å². The number of aliphatic hydroxyl groups excluding tert-OH is 1. The van der Waals surface area contributed by atoms with E-state index in [2.05, 4.69) is 4.40 Å². The van der Waals surface area contributed by atoms with Gasteiger partial charge in [-0.2, -0.15) is 8.42 Å². The summed E-state index contributed by atoms with van der Waals surface area (Å²) in [6.45, 7) is 0.894. The van der Waals surface area contributed by atoms with Crippen molar-refractivity contribution in [2.45, 2.75) is 11.0 Å². The Morgan fingerprint density at radius 1 is 1.31 bits per heavy atom. The van der Waals surface area contributed by atoms with Crippen LogP contribution in [-0.4, -0.2) is 43.5 Å². The Kier molecular flexibility index (Phi) is 1.87. The molecule has 6 heteroatoms. The molecule has 2 aliphatic heterocycles. The molecule has 1 aromatic rings. The van der Waals surface area contributed by atoms with Gasteiger partial charge in [0.2, 0.25) is 0 Å². The molecule has 5 nitrogen and oxygen atoms in total. The molecule has 0 saturated carbocycles. The average molecular weight is 238 g/mol. The van der Waals surface area contributed by atoms with Crippen LogP contribution in [0, 0.1) is 0 Å². The number of amidine groups is 1. The van der Waals surface area contributed by atoms with Crippen molar-refractivity contribution in [3.8, 4) is 0 Å². The zero-order chi connectivity index (χ0) is 11.3. The summed E-state index contributed by atoms with van der Waals surface area (Å²) in [4.78, 5) is 2.03. The molecule has 0 spiro atoms. The zero-order valence-electron chi connectivity index (χ0n) is 8.37. The summed E-state index contributed by atoms with van der Waals surface area (Å²) < 4.78 is 27.2. The van der Waals surface area contributed by atoms with Crippen LogP contribution in [0.1, 0.15) is 5.56 Å². The molecule has 3 rings (SSSR count). The van der Waals surface area contributed by atoms with Gasteiger partial charge in [-0.15, -0.1) is 4.40 Å². The van der Waals surface area contributed by atoms with Gasteiger partial charge in [0, 0.05) is 18.7 Å². The molecule has 0 bridgehead atoms. The van der Waals surface area contributed by atoms with E-state index < -0.39 is 10.0 Å². The van der Waals surface area contributed by atoms with Crippen molar-refractivity contribution in [3.05, 3.63) is 29.8 Å². The third kappa shape index (κ3) is 1.27. The van der Waals surface area contributed by atoms with Gasteiger partial charge in [0.05, 0.1) is 6.10 Å². The topological polar surface area (TPSA) is 70.0 Å². The number of hydrogen-bond donors (Lipinski definition) is 1. The van der Waals surface area contributed by atoms with Gasteiger partial charge >= 0.3 is 0 Å². The number of benzene rings is 1. The molecule has 1 aromatic carbocycles. The van der Waals surface area contributed by atoms with Crippen LogP contribution in [0.5, 0.6) is 0 Å². The Balaban J connectivity index is 2.09. The second kappa shape index (κ2) is 3.05. The fraction of sp³-hybridized carbons (Fsp3) is 0.300. The van der Waals surface area contributed by atoms with Crippen LogP contribution < -0.4 is 0 Å². The monoisotopic (exact) mass is 238 g/mol. The second-order valence-electron chi connectivity index (χ2n) is 3.94. The van der Waals surface area contributed by atoms with E-state index >= 15 is 0 Å². The van der Waals surface area contributed by atoms with Crippen molar-refractivity contribution in [1.29, 1.82) is 0 Å². The van der Waals surface area contributed by atoms with E-state index in [0.717, 1.165) is 0 Å². The maximum absolute atomic E-state index is 11.7. The first-order valence-electron chi connectivity index (χ1n) is 4.95. The van der Waals surface area contributed by atoms with Crippen molar-refractivity contribution in [1.82, 2.24) is 4.90 Å². The SMILES string of the molecule is O=S1(=O)N=C(N2CC(O)C2)c2ccccc21. The molecule has 0 atom stereocenters. The molecular weight excluding hydrogens is 228 g/mol. The molecule has 0 aliphatic carbocycles. The molecule has 1 fully saturated rings. The lowest BCUT2D eigenvalue weighted by molar-refractivity contribution is 0.0472. The van der Waals surface area contributed by atoms with Crippen molar-refractivity contribution in [2.24, 2.45) is 4.40 Å². The fourth-order valence-corrected chi connectivity index (χ4v) is 3.17. The minimum Gasteiger partial charge on any atom is -0.389 e. The summed E-state index contributed by atoms with van der Waals surface area (Å²) in [6, 6.07) is 6.76. The molecule has 0 radical (unpaired) electrons. The van der Waals surface area contributed by atoms with Crippen molar-refractivity contribution in [2.75, 3.05) is 13.1 Å². The number of hydrogen-bond acceptors (Lipinski definition) is 4. The number of aliphatic hydroxyl groups is 1. The number of rotatable bonds is 0. The van der Waals surface area contributed by atoms with Crippen molar-refractivity contribution >= 4 is 15.9 Å². The Labute approximate surface area is 93.1 Å². The van der Waals surface area contributed by atoms with Crippen LogP contribution in [0.25, 0.3) is 0 Å². The Morgan fingerprint density at radius 2 is 2.00 bits per heavy atom. The molecule has 1 N–H and O–H groups in total. The first-order valence-corrected chi connectivity index (χ1v) is 6.39. The normalized spacial score (nSPS) is 22.6. The summed E-state index contributed by atoms with van der Waals surface area (Å²) in [5, 5.41) is 9.21. The summed E-state index contributed by atoms with van der Waals surface area (Å²) in [7, 11) is -3.53. The van der Waals surface area contributed by atoms with Crippen LogP contribution in [0.2, 0.25) is 0 Å². The average Bonchev–Trinajstić information content (AvgIpc) is 2.47. The number of fused-ring (bicyclic) bond motifs is 1. The standard InChI is InChI=1S/C10H10N2O3S/c13-7-5-12(6-7)10-8-3-1-2-4-9(8)16(14,15)11-10/h1-4,7,13H,5-6H2. The van der Waals surface area contributed by atoms with E-state index in [9.17, 15) is 13.5 Å². The molecule has 0 aromatic heterocycles. The fourth-order valence-electron chi connectivity index (χ4n) is 1.94. The van der Waals surface area contributed by atoms with Crippen LogP contribution in [0.3, 0.4) is 0 Å². The smallest absolute Gasteiger partial charge is 0.285 e. The maximum Gasteiger partial charge on any atom is 0.285 e. The van der Waals surface area contributed by atoms with Gasteiger partial charge in [-0.1, -0.05) is 12.1 Å². The first kappa shape index (κ1) is 9.80. The maximum atomic E-state index is 11.7. The Bertz CT molecular complexity index is 573.